The molecule has 0 aliphatic carbocycles. The van der Waals surface area contributed by atoms with Crippen LogP contribution in [0.5, 0.6) is 17.2 Å². The monoisotopic (exact) mass is 399 g/mol. The highest BCUT2D eigenvalue weighted by molar-refractivity contribution is 6.33. The first kappa shape index (κ1) is 17.3. The van der Waals surface area contributed by atoms with Crippen molar-refractivity contribution in [3.8, 4) is 17.2 Å². The summed E-state index contributed by atoms with van der Waals surface area (Å²) in [6.07, 6.45) is 0.712. The number of nitrogens with zero attached hydrogens (tertiary/aromatic N) is 1. The average Bonchev–Trinajstić information content (AvgIpc) is 2.73. The van der Waals surface area contributed by atoms with E-state index in [0.29, 0.717) is 55.0 Å². The Balaban J connectivity index is 1.60. The highest BCUT2D eigenvalue weighted by Crippen LogP contribution is 2.41. The Hall–Kier alpha value is -2.86. The first-order valence-corrected chi connectivity index (χ1v) is 9.57. The van der Waals surface area contributed by atoms with Gasteiger partial charge in [0.25, 0.3) is 0 Å². The molecule has 0 saturated carbocycles. The van der Waals surface area contributed by atoms with E-state index in [2.05, 4.69) is 0 Å². The molecule has 0 saturated heterocycles. The standard InChI is InChI=1S/C21H18ClNO5/c1-2-12-7-19(24)28-20-14(12)9-16(22)21-15(20)10-23(11-27-21)13-3-4-17-18(8-13)26-6-5-25-17/h3-4,7-9H,2,5-6,10-11H2,1H3. The van der Waals surface area contributed by atoms with E-state index in [-0.39, 0.29) is 5.63 Å². The quantitative estimate of drug-likeness (QED) is 0.604. The number of benzene rings is 2. The number of halogens is 1. The van der Waals surface area contributed by atoms with Gasteiger partial charge >= 0.3 is 5.63 Å². The lowest BCUT2D eigenvalue weighted by Crippen LogP contribution is -2.32. The molecule has 0 radical (unpaired) electrons. The van der Waals surface area contributed by atoms with Crippen LogP contribution < -0.4 is 24.7 Å². The Bertz CT molecular complexity index is 1140. The number of hydrogen-bond acceptors (Lipinski definition) is 6. The van der Waals surface area contributed by atoms with Crippen molar-refractivity contribution < 1.29 is 18.6 Å². The van der Waals surface area contributed by atoms with Crippen molar-refractivity contribution in [3.63, 3.8) is 0 Å². The number of aryl methyl sites for hydroxylation is 1. The first-order valence-electron chi connectivity index (χ1n) is 9.19. The van der Waals surface area contributed by atoms with Crippen molar-refractivity contribution in [1.82, 2.24) is 0 Å². The van der Waals surface area contributed by atoms with Crippen LogP contribution in [-0.2, 0) is 13.0 Å². The molecule has 28 heavy (non-hydrogen) atoms. The predicted molar refractivity (Wildman–Crippen MR) is 106 cm³/mol. The lowest BCUT2D eigenvalue weighted by atomic mass is 10.0. The van der Waals surface area contributed by atoms with Crippen LogP contribution in [-0.4, -0.2) is 19.9 Å². The minimum atomic E-state index is -0.370. The largest absolute Gasteiger partial charge is 0.486 e. The normalized spacial score (nSPS) is 15.3. The van der Waals surface area contributed by atoms with Crippen molar-refractivity contribution in [2.75, 3.05) is 24.8 Å². The average molecular weight is 400 g/mol. The summed E-state index contributed by atoms with van der Waals surface area (Å²) in [4.78, 5) is 14.1. The molecule has 7 heteroatoms. The van der Waals surface area contributed by atoms with E-state index in [1.807, 2.05) is 36.1 Å². The van der Waals surface area contributed by atoms with Crippen molar-refractivity contribution in [1.29, 1.82) is 0 Å². The summed E-state index contributed by atoms with van der Waals surface area (Å²) in [7, 11) is 0. The van der Waals surface area contributed by atoms with Crippen LogP contribution >= 0.6 is 11.6 Å². The molecule has 6 nitrogen and oxygen atoms in total. The molecule has 2 aliphatic rings. The van der Waals surface area contributed by atoms with Gasteiger partial charge in [-0.2, -0.15) is 0 Å². The third kappa shape index (κ3) is 2.76. The SMILES string of the molecule is CCc1cc(=O)oc2c3c(c(Cl)cc12)OCN(c1ccc2c(c1)OCCO2)C3. The Kier molecular flexibility index (Phi) is 4.09. The van der Waals surface area contributed by atoms with Crippen LogP contribution in [0.1, 0.15) is 18.1 Å². The molecule has 1 aromatic heterocycles. The maximum absolute atomic E-state index is 12.1. The number of hydrogen-bond donors (Lipinski definition) is 0. The van der Waals surface area contributed by atoms with Crippen LogP contribution in [0.15, 0.2) is 39.5 Å². The maximum Gasteiger partial charge on any atom is 0.336 e. The molecule has 0 atom stereocenters. The topological polar surface area (TPSA) is 61.1 Å². The van der Waals surface area contributed by atoms with Gasteiger partial charge in [-0.15, -0.1) is 0 Å². The Morgan fingerprint density at radius 2 is 1.89 bits per heavy atom. The number of fused-ring (bicyclic) bond motifs is 4. The molecular formula is C21H18ClNO5. The van der Waals surface area contributed by atoms with Gasteiger partial charge in [-0.25, -0.2) is 4.79 Å². The van der Waals surface area contributed by atoms with Crippen molar-refractivity contribution in [2.45, 2.75) is 19.9 Å². The second-order valence-electron chi connectivity index (χ2n) is 6.79. The third-order valence-corrected chi connectivity index (χ3v) is 5.39. The van der Waals surface area contributed by atoms with Crippen LogP contribution in [0.25, 0.3) is 11.0 Å². The summed E-state index contributed by atoms with van der Waals surface area (Å²) in [6.45, 7) is 3.91. The van der Waals surface area contributed by atoms with Gasteiger partial charge in [0.1, 0.15) is 24.5 Å². The third-order valence-electron chi connectivity index (χ3n) is 5.11. The van der Waals surface area contributed by atoms with E-state index < -0.39 is 0 Å². The van der Waals surface area contributed by atoms with E-state index in [1.165, 1.54) is 6.07 Å². The van der Waals surface area contributed by atoms with Gasteiger partial charge in [0.2, 0.25) is 0 Å². The van der Waals surface area contributed by atoms with Gasteiger partial charge in [0.15, 0.2) is 18.2 Å². The molecule has 3 heterocycles. The van der Waals surface area contributed by atoms with Gasteiger partial charge in [-0.1, -0.05) is 18.5 Å². The molecule has 0 amide bonds. The molecule has 2 aromatic carbocycles. The summed E-state index contributed by atoms with van der Waals surface area (Å²) in [6, 6.07) is 9.13. The molecule has 2 aliphatic heterocycles. The molecular weight excluding hydrogens is 382 g/mol. The molecule has 0 bridgehead atoms. The van der Waals surface area contributed by atoms with Gasteiger partial charge < -0.3 is 23.5 Å². The van der Waals surface area contributed by atoms with E-state index in [4.69, 9.17) is 30.2 Å². The lowest BCUT2D eigenvalue weighted by molar-refractivity contribution is 0.171. The predicted octanol–water partition coefficient (Wildman–Crippen LogP) is 4.14. The highest BCUT2D eigenvalue weighted by atomic mass is 35.5. The van der Waals surface area contributed by atoms with Crippen molar-refractivity contribution in [3.05, 3.63) is 56.9 Å². The second kappa shape index (κ2) is 6.63. The van der Waals surface area contributed by atoms with Gasteiger partial charge in [-0.3, -0.25) is 0 Å². The maximum atomic E-state index is 12.1. The van der Waals surface area contributed by atoms with Crippen LogP contribution in [0.2, 0.25) is 5.02 Å². The molecule has 3 aromatic rings. The molecule has 0 fully saturated rings. The number of rotatable bonds is 2. The second-order valence-corrected chi connectivity index (χ2v) is 7.19. The zero-order chi connectivity index (χ0) is 19.3. The summed E-state index contributed by atoms with van der Waals surface area (Å²) >= 11 is 6.48. The smallest absolute Gasteiger partial charge is 0.336 e. The Morgan fingerprint density at radius 3 is 2.71 bits per heavy atom. The molecule has 0 N–H and O–H groups in total. The molecule has 0 unspecified atom stereocenters. The lowest BCUT2D eigenvalue weighted by Gasteiger charge is -2.32. The Morgan fingerprint density at radius 1 is 1.07 bits per heavy atom. The summed E-state index contributed by atoms with van der Waals surface area (Å²) < 4.78 is 22.8. The fourth-order valence-corrected chi connectivity index (χ4v) is 4.02. The van der Waals surface area contributed by atoms with E-state index in [1.54, 1.807) is 0 Å². The highest BCUT2D eigenvalue weighted by Gasteiger charge is 2.26. The van der Waals surface area contributed by atoms with Crippen LogP contribution in [0.3, 0.4) is 0 Å². The Labute approximate surface area is 166 Å². The van der Waals surface area contributed by atoms with Crippen molar-refractivity contribution >= 4 is 28.3 Å². The van der Waals surface area contributed by atoms with Crippen LogP contribution in [0.4, 0.5) is 5.69 Å². The molecule has 5 rings (SSSR count). The first-order chi connectivity index (χ1) is 13.6. The van der Waals surface area contributed by atoms with Gasteiger partial charge in [0, 0.05) is 23.2 Å². The van der Waals surface area contributed by atoms with E-state index in [9.17, 15) is 4.79 Å². The van der Waals surface area contributed by atoms with E-state index in [0.717, 1.165) is 28.0 Å². The van der Waals surface area contributed by atoms with Gasteiger partial charge in [0.05, 0.1) is 17.1 Å². The van der Waals surface area contributed by atoms with Crippen LogP contribution in [0, 0.1) is 0 Å². The number of ether oxygens (including phenoxy) is 3. The summed E-state index contributed by atoms with van der Waals surface area (Å²) in [5.74, 6) is 2.02. The van der Waals surface area contributed by atoms with Gasteiger partial charge in [-0.05, 0) is 30.2 Å². The molecule has 144 valence electrons. The summed E-state index contributed by atoms with van der Waals surface area (Å²) in [5, 5.41) is 1.37. The zero-order valence-corrected chi connectivity index (χ0v) is 16.0. The number of anilines is 1. The molecule has 0 spiro atoms. The van der Waals surface area contributed by atoms with Crippen molar-refractivity contribution in [2.24, 2.45) is 0 Å². The minimum absolute atomic E-state index is 0.329. The van der Waals surface area contributed by atoms with E-state index >= 15 is 0 Å². The fourth-order valence-electron chi connectivity index (χ4n) is 3.74. The summed E-state index contributed by atoms with van der Waals surface area (Å²) in [5.41, 5.74) is 2.77. The fraction of sp³-hybridized carbons (Fsp3) is 0.286. The zero-order valence-electron chi connectivity index (χ0n) is 15.3. The minimum Gasteiger partial charge on any atom is -0.486 e.